The van der Waals surface area contributed by atoms with E-state index in [-0.39, 0.29) is 33.4 Å². The zero-order valence-electron chi connectivity index (χ0n) is 24.8. The molecule has 5 fully saturated rings. The maximum Gasteiger partial charge on any atom is 0.397 e. The van der Waals surface area contributed by atoms with Gasteiger partial charge < -0.3 is 4.74 Å². The van der Waals surface area contributed by atoms with Crippen LogP contribution in [0.4, 0.5) is 0 Å². The number of allylic oxidation sites excluding steroid dienone is 2. The Balaban J connectivity index is 1.44. The van der Waals surface area contributed by atoms with E-state index in [2.05, 4.69) is 20.8 Å². The summed E-state index contributed by atoms with van der Waals surface area (Å²) >= 11 is 0. The third kappa shape index (κ3) is 3.97. The number of ketones is 1. The van der Waals surface area contributed by atoms with Crippen molar-refractivity contribution in [1.29, 1.82) is 0 Å². The van der Waals surface area contributed by atoms with Crippen molar-refractivity contribution in [3.05, 3.63) is 11.6 Å². The first-order valence-corrected chi connectivity index (χ1v) is 16.3. The van der Waals surface area contributed by atoms with Crippen molar-refractivity contribution in [3.8, 4) is 0 Å². The van der Waals surface area contributed by atoms with Crippen LogP contribution in [0.3, 0.4) is 0 Å². The van der Waals surface area contributed by atoms with Gasteiger partial charge in [-0.3, -0.25) is 14.1 Å². The molecule has 10 atom stereocenters. The molecule has 5 aliphatic rings. The molecular weight excluding hydrogens is 516 g/mol. The molecule has 0 aromatic carbocycles. The van der Waals surface area contributed by atoms with E-state index in [1.807, 2.05) is 13.8 Å². The van der Waals surface area contributed by atoms with Crippen molar-refractivity contribution >= 4 is 22.2 Å². The lowest BCUT2D eigenvalue weighted by Gasteiger charge is -2.63. The van der Waals surface area contributed by atoms with E-state index in [4.69, 9.17) is 8.92 Å². The monoisotopic (exact) mass is 564 g/mol. The smallest absolute Gasteiger partial charge is 0.397 e. The number of hydrogen-bond donors (Lipinski definition) is 1. The number of methoxy groups -OCH3 is 1. The molecule has 0 amide bonds. The van der Waals surface area contributed by atoms with Gasteiger partial charge in [0.15, 0.2) is 5.78 Å². The Morgan fingerprint density at radius 3 is 2.21 bits per heavy atom. The molecule has 5 saturated carbocycles. The van der Waals surface area contributed by atoms with Crippen LogP contribution in [0, 0.1) is 50.7 Å². The first kappa shape index (κ1) is 29.2. The average molecular weight is 565 g/mol. The van der Waals surface area contributed by atoms with Gasteiger partial charge in [0.25, 0.3) is 0 Å². The number of carbonyl (C=O) groups excluding carboxylic acids is 2. The van der Waals surface area contributed by atoms with Crippen LogP contribution in [0.5, 0.6) is 0 Å². The van der Waals surface area contributed by atoms with Gasteiger partial charge in [0.05, 0.1) is 18.6 Å². The number of rotatable bonds is 7. The van der Waals surface area contributed by atoms with E-state index in [0.717, 1.165) is 50.5 Å². The highest BCUT2D eigenvalue weighted by molar-refractivity contribution is 7.80. The van der Waals surface area contributed by atoms with E-state index < -0.39 is 27.9 Å². The summed E-state index contributed by atoms with van der Waals surface area (Å²) in [7, 11) is -3.35. The SMILES string of the molecule is COC(=O)[C@@]1(C)C2CC[C@@H]3[C@]4(CC[C@]5(C)[C@@H]([C@H](C)CC(=O)C=C(C)C)CC[C@@]35C)C[C@]24CC[C@@H]1OS(=O)(=O)O. The van der Waals surface area contributed by atoms with Crippen molar-refractivity contribution in [2.45, 2.75) is 112 Å². The maximum absolute atomic E-state index is 13.3. The maximum atomic E-state index is 13.3. The fraction of sp³-hybridized carbons (Fsp3) is 0.871. The third-order valence-corrected chi connectivity index (χ3v) is 13.8. The van der Waals surface area contributed by atoms with Crippen molar-refractivity contribution in [2.75, 3.05) is 7.11 Å². The number of esters is 1. The highest BCUT2D eigenvalue weighted by Crippen LogP contribution is 2.89. The summed E-state index contributed by atoms with van der Waals surface area (Å²) in [6.07, 6.45) is 10.2. The van der Waals surface area contributed by atoms with E-state index in [0.29, 0.717) is 30.6 Å². The molecule has 0 heterocycles. The summed E-state index contributed by atoms with van der Waals surface area (Å²) in [6, 6.07) is 0. The zero-order chi connectivity index (χ0) is 28.8. The molecule has 39 heavy (non-hydrogen) atoms. The summed E-state index contributed by atoms with van der Waals surface area (Å²) in [5.41, 5.74) is 0.393. The average Bonchev–Trinajstić information content (AvgIpc) is 3.41. The molecule has 5 aliphatic carbocycles. The van der Waals surface area contributed by atoms with Crippen molar-refractivity contribution < 1.29 is 31.5 Å². The minimum absolute atomic E-state index is 0.0224. The summed E-state index contributed by atoms with van der Waals surface area (Å²) in [6.45, 7) is 13.0. The fourth-order valence-electron chi connectivity index (χ4n) is 11.6. The topological polar surface area (TPSA) is 107 Å². The van der Waals surface area contributed by atoms with Gasteiger partial charge in [-0.25, -0.2) is 4.18 Å². The number of carbonyl (C=O) groups is 2. The molecule has 7 nitrogen and oxygen atoms in total. The first-order chi connectivity index (χ1) is 18.0. The number of ether oxygens (including phenoxy) is 1. The van der Waals surface area contributed by atoms with Gasteiger partial charge in [-0.15, -0.1) is 0 Å². The van der Waals surface area contributed by atoms with Gasteiger partial charge in [0.2, 0.25) is 0 Å². The molecule has 5 rings (SSSR count). The second-order valence-electron chi connectivity index (χ2n) is 14.8. The van der Waals surface area contributed by atoms with Crippen LogP contribution in [-0.2, 0) is 28.9 Å². The second-order valence-corrected chi connectivity index (χ2v) is 15.9. The normalized spacial score (nSPS) is 47.1. The Bertz CT molecular complexity index is 1190. The summed E-state index contributed by atoms with van der Waals surface area (Å²) in [4.78, 5) is 26.0. The minimum Gasteiger partial charge on any atom is -0.469 e. The lowest BCUT2D eigenvalue weighted by atomic mass is 9.41. The van der Waals surface area contributed by atoms with Crippen LogP contribution in [-0.4, -0.2) is 37.9 Å². The van der Waals surface area contributed by atoms with Gasteiger partial charge in [-0.1, -0.05) is 26.3 Å². The van der Waals surface area contributed by atoms with Crippen LogP contribution in [0.2, 0.25) is 0 Å². The Morgan fingerprint density at radius 1 is 0.949 bits per heavy atom. The fourth-order valence-corrected chi connectivity index (χ4v) is 12.2. The van der Waals surface area contributed by atoms with E-state index in [1.165, 1.54) is 13.5 Å². The van der Waals surface area contributed by atoms with E-state index in [1.54, 1.807) is 13.0 Å². The Labute approximate surface area is 234 Å². The Hall–Kier alpha value is -1.25. The van der Waals surface area contributed by atoms with Crippen molar-refractivity contribution in [1.82, 2.24) is 0 Å². The lowest BCUT2D eigenvalue weighted by Crippen LogP contribution is -2.60. The van der Waals surface area contributed by atoms with Gasteiger partial charge in [-0.05, 0) is 130 Å². The molecule has 0 aliphatic heterocycles. The summed E-state index contributed by atoms with van der Waals surface area (Å²) in [5, 5.41) is 0. The molecule has 8 heteroatoms. The van der Waals surface area contributed by atoms with Crippen molar-refractivity contribution in [2.24, 2.45) is 50.7 Å². The lowest BCUT2D eigenvalue weighted by molar-refractivity contribution is -0.189. The molecule has 2 spiro atoms. The molecule has 0 radical (unpaired) electrons. The third-order valence-electron chi connectivity index (χ3n) is 13.3. The van der Waals surface area contributed by atoms with Crippen LogP contribution < -0.4 is 0 Å². The molecule has 0 aromatic rings. The second kappa shape index (κ2) is 9.12. The van der Waals surface area contributed by atoms with Crippen LogP contribution in [0.15, 0.2) is 11.6 Å². The predicted octanol–water partition coefficient (Wildman–Crippen LogP) is 6.33. The largest absolute Gasteiger partial charge is 0.469 e. The highest BCUT2D eigenvalue weighted by Gasteiger charge is 2.83. The zero-order valence-corrected chi connectivity index (χ0v) is 25.7. The Morgan fingerprint density at radius 2 is 1.59 bits per heavy atom. The quantitative estimate of drug-likeness (QED) is 0.219. The molecule has 0 saturated heterocycles. The van der Waals surface area contributed by atoms with Crippen LogP contribution in [0.1, 0.15) is 106 Å². The molecule has 1 N–H and O–H groups in total. The highest BCUT2D eigenvalue weighted by atomic mass is 32.3. The molecule has 0 bridgehead atoms. The van der Waals surface area contributed by atoms with Gasteiger partial charge in [0.1, 0.15) is 0 Å². The summed E-state index contributed by atoms with van der Waals surface area (Å²) < 4.78 is 43.4. The predicted molar refractivity (Wildman–Crippen MR) is 148 cm³/mol. The van der Waals surface area contributed by atoms with E-state index >= 15 is 0 Å². The minimum atomic E-state index is -4.70. The number of fused-ring (bicyclic) bond motifs is 2. The Kier molecular flexibility index (Phi) is 6.84. The van der Waals surface area contributed by atoms with Crippen LogP contribution in [0.25, 0.3) is 0 Å². The number of hydrogen-bond acceptors (Lipinski definition) is 6. The van der Waals surface area contributed by atoms with Crippen molar-refractivity contribution in [3.63, 3.8) is 0 Å². The summed E-state index contributed by atoms with van der Waals surface area (Å²) in [5.74, 6) is 1.16. The van der Waals surface area contributed by atoms with Gasteiger partial charge in [-0.2, -0.15) is 8.42 Å². The van der Waals surface area contributed by atoms with Crippen LogP contribution >= 0.6 is 0 Å². The standard InChI is InChI=1S/C31H48O7S/c1-19(2)16-21(32)17-20(3)22-10-12-28(5)23-8-9-24-29(6,26(33)37-7)25(38-39(34,35)36)11-13-30(24)18-31(23,30)15-14-27(22,28)4/h16,20,22-25H,8-15,17-18H2,1-7H3,(H,34,35,36)/t20-,22-,23+,24?,25+,27-,28+,29+,30-,31+/m1/s1. The molecular formula is C31H48O7S. The van der Waals surface area contributed by atoms with E-state index in [9.17, 15) is 22.6 Å². The van der Waals surface area contributed by atoms with Gasteiger partial charge in [0, 0.05) is 6.42 Å². The van der Waals surface area contributed by atoms with Gasteiger partial charge >= 0.3 is 16.4 Å². The molecule has 220 valence electrons. The molecule has 0 aromatic heterocycles. The first-order valence-electron chi connectivity index (χ1n) is 14.9. The molecule has 1 unspecified atom stereocenters.